The van der Waals surface area contributed by atoms with E-state index in [1.807, 2.05) is 39.0 Å². The largest absolute Gasteiger partial charge is 0.387 e. The predicted octanol–water partition coefficient (Wildman–Crippen LogP) is 3.29. The molecule has 2 N–H and O–H groups in total. The Labute approximate surface area is 89.8 Å². The van der Waals surface area contributed by atoms with Crippen molar-refractivity contribution in [3.8, 4) is 0 Å². The highest BCUT2D eigenvalue weighted by Gasteiger charge is 2.02. The summed E-state index contributed by atoms with van der Waals surface area (Å²) in [5, 5.41) is 0.686. The number of aliphatic imine (C=N–C) groups is 1. The highest BCUT2D eigenvalue weighted by atomic mass is 35.5. The summed E-state index contributed by atoms with van der Waals surface area (Å²) < 4.78 is 0. The number of hydrogen-bond acceptors (Lipinski definition) is 1. The van der Waals surface area contributed by atoms with Crippen LogP contribution in [0.3, 0.4) is 0 Å². The van der Waals surface area contributed by atoms with Crippen LogP contribution in [-0.2, 0) is 0 Å². The van der Waals surface area contributed by atoms with Gasteiger partial charge in [-0.2, -0.15) is 0 Å². The van der Waals surface area contributed by atoms with Crippen LogP contribution < -0.4 is 5.73 Å². The Bertz CT molecular complexity index is 356. The molecular weight excluding hydrogens is 196 g/mol. The fourth-order valence-corrected chi connectivity index (χ4v) is 1.14. The molecule has 0 aliphatic carbocycles. The zero-order valence-corrected chi connectivity index (χ0v) is 9.47. The molecule has 0 aliphatic heterocycles. The van der Waals surface area contributed by atoms with Gasteiger partial charge in [0.1, 0.15) is 5.84 Å². The SMILES string of the molecule is Cc1ccc(Cl)cc1N=C(N)C(C)C. The summed E-state index contributed by atoms with van der Waals surface area (Å²) in [6.07, 6.45) is 0. The number of amidine groups is 1. The van der Waals surface area contributed by atoms with E-state index in [0.29, 0.717) is 10.9 Å². The van der Waals surface area contributed by atoms with Crippen LogP contribution in [0.5, 0.6) is 0 Å². The van der Waals surface area contributed by atoms with Crippen LogP contribution in [-0.4, -0.2) is 5.84 Å². The molecule has 0 fully saturated rings. The number of hydrogen-bond donors (Lipinski definition) is 1. The lowest BCUT2D eigenvalue weighted by molar-refractivity contribution is 0.872. The zero-order chi connectivity index (χ0) is 10.7. The molecule has 1 rings (SSSR count). The number of aryl methyl sites for hydroxylation is 1. The van der Waals surface area contributed by atoms with Gasteiger partial charge >= 0.3 is 0 Å². The quantitative estimate of drug-likeness (QED) is 0.591. The Hall–Kier alpha value is -1.02. The minimum Gasteiger partial charge on any atom is -0.387 e. The molecule has 76 valence electrons. The van der Waals surface area contributed by atoms with E-state index in [2.05, 4.69) is 4.99 Å². The molecule has 0 aromatic heterocycles. The van der Waals surface area contributed by atoms with Crippen molar-refractivity contribution in [3.63, 3.8) is 0 Å². The highest BCUT2D eigenvalue weighted by molar-refractivity contribution is 6.30. The van der Waals surface area contributed by atoms with E-state index in [1.54, 1.807) is 0 Å². The Kier molecular flexibility index (Phi) is 3.53. The maximum absolute atomic E-state index is 5.87. The number of nitrogens with zero attached hydrogens (tertiary/aromatic N) is 1. The monoisotopic (exact) mass is 210 g/mol. The van der Waals surface area contributed by atoms with Crippen molar-refractivity contribution in [3.05, 3.63) is 28.8 Å². The summed E-state index contributed by atoms with van der Waals surface area (Å²) in [5.74, 6) is 0.892. The van der Waals surface area contributed by atoms with Crippen molar-refractivity contribution in [1.29, 1.82) is 0 Å². The van der Waals surface area contributed by atoms with Crippen LogP contribution >= 0.6 is 11.6 Å². The molecule has 14 heavy (non-hydrogen) atoms. The molecule has 2 nitrogen and oxygen atoms in total. The van der Waals surface area contributed by atoms with Crippen LogP contribution in [0.2, 0.25) is 5.02 Å². The van der Waals surface area contributed by atoms with Gasteiger partial charge in [-0.05, 0) is 24.6 Å². The fraction of sp³-hybridized carbons (Fsp3) is 0.364. The second kappa shape index (κ2) is 4.47. The maximum Gasteiger partial charge on any atom is 0.102 e. The first-order chi connectivity index (χ1) is 6.50. The van der Waals surface area contributed by atoms with Crippen molar-refractivity contribution in [2.45, 2.75) is 20.8 Å². The van der Waals surface area contributed by atoms with E-state index < -0.39 is 0 Å². The third-order valence-corrected chi connectivity index (χ3v) is 2.25. The van der Waals surface area contributed by atoms with Crippen molar-refractivity contribution in [2.75, 3.05) is 0 Å². The van der Waals surface area contributed by atoms with Gasteiger partial charge in [-0.25, -0.2) is 4.99 Å². The number of nitrogens with two attached hydrogens (primary N) is 1. The first-order valence-corrected chi connectivity index (χ1v) is 4.98. The van der Waals surface area contributed by atoms with Crippen molar-refractivity contribution in [2.24, 2.45) is 16.6 Å². The Balaban J connectivity index is 3.07. The van der Waals surface area contributed by atoms with Gasteiger partial charge in [-0.15, -0.1) is 0 Å². The molecule has 0 bridgehead atoms. The van der Waals surface area contributed by atoms with E-state index in [1.165, 1.54) is 0 Å². The van der Waals surface area contributed by atoms with Crippen LogP contribution in [0.4, 0.5) is 5.69 Å². The molecule has 0 atom stereocenters. The van der Waals surface area contributed by atoms with E-state index in [9.17, 15) is 0 Å². The fourth-order valence-electron chi connectivity index (χ4n) is 0.971. The molecule has 1 aromatic carbocycles. The lowest BCUT2D eigenvalue weighted by Gasteiger charge is -2.06. The summed E-state index contributed by atoms with van der Waals surface area (Å²) in [4.78, 5) is 4.33. The Morgan fingerprint density at radius 3 is 2.64 bits per heavy atom. The van der Waals surface area contributed by atoms with Crippen LogP contribution in [0.15, 0.2) is 23.2 Å². The second-order valence-corrected chi connectivity index (χ2v) is 4.06. The standard InChI is InChI=1S/C11H15ClN2/c1-7(2)11(13)14-10-6-9(12)5-4-8(10)3/h4-7H,1-3H3,(H2,13,14). The molecule has 0 amide bonds. The molecule has 0 aliphatic rings. The second-order valence-electron chi connectivity index (χ2n) is 3.62. The molecule has 0 saturated carbocycles. The van der Waals surface area contributed by atoms with Crippen molar-refractivity contribution >= 4 is 23.1 Å². The van der Waals surface area contributed by atoms with Crippen LogP contribution in [0.25, 0.3) is 0 Å². The molecule has 0 radical (unpaired) electrons. The third-order valence-electron chi connectivity index (χ3n) is 2.01. The Morgan fingerprint density at radius 1 is 1.43 bits per heavy atom. The molecule has 0 heterocycles. The van der Waals surface area contributed by atoms with E-state index in [4.69, 9.17) is 17.3 Å². The van der Waals surface area contributed by atoms with Gasteiger partial charge in [0.25, 0.3) is 0 Å². The van der Waals surface area contributed by atoms with Crippen molar-refractivity contribution < 1.29 is 0 Å². The zero-order valence-electron chi connectivity index (χ0n) is 8.71. The normalized spacial score (nSPS) is 12.2. The summed E-state index contributed by atoms with van der Waals surface area (Å²) in [6, 6.07) is 5.61. The summed E-state index contributed by atoms with van der Waals surface area (Å²) in [5.41, 5.74) is 7.71. The Morgan fingerprint density at radius 2 is 2.07 bits per heavy atom. The smallest absolute Gasteiger partial charge is 0.102 e. The van der Waals surface area contributed by atoms with Gasteiger partial charge < -0.3 is 5.73 Å². The number of benzene rings is 1. The molecule has 0 saturated heterocycles. The predicted molar refractivity (Wildman–Crippen MR) is 62.3 cm³/mol. The lowest BCUT2D eigenvalue weighted by Crippen LogP contribution is -2.18. The molecular formula is C11H15ClN2. The third kappa shape index (κ3) is 2.74. The summed E-state index contributed by atoms with van der Waals surface area (Å²) in [7, 11) is 0. The minimum absolute atomic E-state index is 0.258. The molecule has 0 unspecified atom stereocenters. The first kappa shape index (κ1) is 11.1. The van der Waals surface area contributed by atoms with Gasteiger partial charge in [0, 0.05) is 10.9 Å². The average Bonchev–Trinajstić information content (AvgIpc) is 2.11. The first-order valence-electron chi connectivity index (χ1n) is 4.61. The molecule has 1 aromatic rings. The van der Waals surface area contributed by atoms with E-state index in [-0.39, 0.29) is 5.92 Å². The van der Waals surface area contributed by atoms with Gasteiger partial charge in [0.15, 0.2) is 0 Å². The van der Waals surface area contributed by atoms with Crippen molar-refractivity contribution in [1.82, 2.24) is 0 Å². The van der Waals surface area contributed by atoms with E-state index in [0.717, 1.165) is 11.3 Å². The highest BCUT2D eigenvalue weighted by Crippen LogP contribution is 2.23. The van der Waals surface area contributed by atoms with Gasteiger partial charge in [0.2, 0.25) is 0 Å². The van der Waals surface area contributed by atoms with Gasteiger partial charge in [0.05, 0.1) is 5.69 Å². The summed E-state index contributed by atoms with van der Waals surface area (Å²) >= 11 is 5.87. The number of rotatable bonds is 2. The lowest BCUT2D eigenvalue weighted by atomic mass is 10.2. The molecule has 3 heteroatoms. The maximum atomic E-state index is 5.87. The molecule has 0 spiro atoms. The van der Waals surface area contributed by atoms with Crippen LogP contribution in [0.1, 0.15) is 19.4 Å². The minimum atomic E-state index is 0.258. The summed E-state index contributed by atoms with van der Waals surface area (Å²) in [6.45, 7) is 6.01. The van der Waals surface area contributed by atoms with Gasteiger partial charge in [-0.3, -0.25) is 0 Å². The average molecular weight is 211 g/mol. The van der Waals surface area contributed by atoms with E-state index >= 15 is 0 Å². The number of halogens is 1. The van der Waals surface area contributed by atoms with Crippen LogP contribution in [0, 0.1) is 12.8 Å². The topological polar surface area (TPSA) is 38.4 Å². The van der Waals surface area contributed by atoms with Gasteiger partial charge in [-0.1, -0.05) is 31.5 Å².